The highest BCUT2D eigenvalue weighted by Gasteiger charge is 2.29. The summed E-state index contributed by atoms with van der Waals surface area (Å²) in [5.74, 6) is -1.78. The molecule has 21 heavy (non-hydrogen) atoms. The van der Waals surface area contributed by atoms with Gasteiger partial charge >= 0.3 is 5.97 Å². The number of carbonyl (C=O) groups is 2. The molecule has 0 fully saturated rings. The monoisotopic (exact) mass is 294 g/mol. The maximum absolute atomic E-state index is 12.6. The van der Waals surface area contributed by atoms with Gasteiger partial charge in [0.2, 0.25) is 0 Å². The Morgan fingerprint density at radius 3 is 2.52 bits per heavy atom. The van der Waals surface area contributed by atoms with Gasteiger partial charge in [-0.25, -0.2) is 0 Å². The minimum Gasteiger partial charge on any atom is -0.480 e. The molecule has 1 atom stereocenters. The molecule has 0 aliphatic heterocycles. The van der Waals surface area contributed by atoms with E-state index >= 15 is 0 Å². The molecule has 114 valence electrons. The molecule has 1 amide bonds. The summed E-state index contributed by atoms with van der Waals surface area (Å²) in [6, 6.07) is 4.01. The Kier molecular flexibility index (Phi) is 5.40. The van der Waals surface area contributed by atoms with Crippen molar-refractivity contribution >= 4 is 17.6 Å². The molecule has 1 N–H and O–H groups in total. The molecule has 0 radical (unpaired) electrons. The van der Waals surface area contributed by atoms with Crippen LogP contribution in [0.5, 0.6) is 0 Å². The fourth-order valence-electron chi connectivity index (χ4n) is 2.02. The number of amides is 1. The number of aliphatic carboxylic acids is 1. The summed E-state index contributed by atoms with van der Waals surface area (Å²) < 4.78 is 0. The Labute approximate surface area is 122 Å². The van der Waals surface area contributed by atoms with Crippen molar-refractivity contribution in [2.75, 3.05) is 6.54 Å². The maximum atomic E-state index is 12.6. The fraction of sp³-hybridized carbons (Fsp3) is 0.429. The molecule has 0 heterocycles. The van der Waals surface area contributed by atoms with Gasteiger partial charge < -0.3 is 10.0 Å². The van der Waals surface area contributed by atoms with Crippen molar-refractivity contribution in [1.29, 1.82) is 0 Å². The van der Waals surface area contributed by atoms with Gasteiger partial charge in [0.25, 0.3) is 11.6 Å². The normalized spacial score (nSPS) is 11.8. The van der Waals surface area contributed by atoms with E-state index in [2.05, 4.69) is 0 Å². The second-order valence-electron chi connectivity index (χ2n) is 4.81. The molecule has 7 nitrogen and oxygen atoms in total. The zero-order valence-corrected chi connectivity index (χ0v) is 12.2. The standard InChI is InChI=1S/C14H18N2O5/c1-4-10(3)15(8-12(17)18)14(19)13-9(2)6-5-7-11(13)16(20)21/h5-7,10H,4,8H2,1-3H3,(H,17,18). The van der Waals surface area contributed by atoms with Crippen LogP contribution in [0.25, 0.3) is 0 Å². The zero-order valence-electron chi connectivity index (χ0n) is 12.2. The van der Waals surface area contributed by atoms with Crippen LogP contribution < -0.4 is 0 Å². The number of hydrogen-bond donors (Lipinski definition) is 1. The second-order valence-corrected chi connectivity index (χ2v) is 4.81. The largest absolute Gasteiger partial charge is 0.480 e. The lowest BCUT2D eigenvalue weighted by atomic mass is 10.0. The van der Waals surface area contributed by atoms with Gasteiger partial charge in [0, 0.05) is 12.1 Å². The molecule has 0 saturated heterocycles. The number of rotatable bonds is 6. The van der Waals surface area contributed by atoms with Gasteiger partial charge in [0.15, 0.2) is 0 Å². The molecule has 1 aromatic carbocycles. The Hall–Kier alpha value is -2.44. The Balaban J connectivity index is 3.32. The molecule has 0 bridgehead atoms. The van der Waals surface area contributed by atoms with Crippen molar-refractivity contribution in [2.45, 2.75) is 33.2 Å². The number of aryl methyl sites for hydroxylation is 1. The number of carbonyl (C=O) groups excluding carboxylic acids is 1. The van der Waals surface area contributed by atoms with E-state index in [9.17, 15) is 19.7 Å². The molecule has 1 unspecified atom stereocenters. The number of nitro groups is 1. The first kappa shape index (κ1) is 16.6. The molecule has 0 aliphatic carbocycles. The van der Waals surface area contributed by atoms with E-state index in [0.717, 1.165) is 4.90 Å². The van der Waals surface area contributed by atoms with Gasteiger partial charge in [-0.05, 0) is 25.8 Å². The van der Waals surface area contributed by atoms with Crippen LogP contribution >= 0.6 is 0 Å². The maximum Gasteiger partial charge on any atom is 0.323 e. The summed E-state index contributed by atoms with van der Waals surface area (Å²) in [7, 11) is 0. The smallest absolute Gasteiger partial charge is 0.323 e. The number of nitrogens with zero attached hydrogens (tertiary/aromatic N) is 2. The summed E-state index contributed by atoms with van der Waals surface area (Å²) in [4.78, 5) is 35.1. The predicted molar refractivity (Wildman–Crippen MR) is 76.3 cm³/mol. The third kappa shape index (κ3) is 3.77. The molecule has 1 rings (SSSR count). The van der Waals surface area contributed by atoms with Crippen LogP contribution in [-0.2, 0) is 4.79 Å². The van der Waals surface area contributed by atoms with Crippen LogP contribution in [0.4, 0.5) is 5.69 Å². The Bertz CT molecular complexity index is 570. The van der Waals surface area contributed by atoms with Crippen LogP contribution in [0.3, 0.4) is 0 Å². The highest BCUT2D eigenvalue weighted by atomic mass is 16.6. The minimum absolute atomic E-state index is 0.0518. The SMILES string of the molecule is CCC(C)N(CC(=O)O)C(=O)c1c(C)cccc1[N+](=O)[O-]. The molecular formula is C14H18N2O5. The second kappa shape index (κ2) is 6.83. The average Bonchev–Trinajstić information content (AvgIpc) is 2.42. The van der Waals surface area contributed by atoms with Crippen LogP contribution in [0.15, 0.2) is 18.2 Å². The average molecular weight is 294 g/mol. The summed E-state index contributed by atoms with van der Waals surface area (Å²) in [5, 5.41) is 20.0. The van der Waals surface area contributed by atoms with Crippen molar-refractivity contribution < 1.29 is 19.6 Å². The first-order chi connectivity index (χ1) is 9.79. The van der Waals surface area contributed by atoms with Crippen molar-refractivity contribution in [1.82, 2.24) is 4.90 Å². The molecule has 0 aliphatic rings. The number of carboxylic acids is 1. The fourth-order valence-corrected chi connectivity index (χ4v) is 2.02. The van der Waals surface area contributed by atoms with Gasteiger partial charge in [-0.2, -0.15) is 0 Å². The van der Waals surface area contributed by atoms with Crippen LogP contribution in [0, 0.1) is 17.0 Å². The lowest BCUT2D eigenvalue weighted by molar-refractivity contribution is -0.385. The lowest BCUT2D eigenvalue weighted by Gasteiger charge is -2.27. The summed E-state index contributed by atoms with van der Waals surface area (Å²) in [6.45, 7) is 4.64. The van der Waals surface area contributed by atoms with E-state index in [-0.39, 0.29) is 17.3 Å². The molecule has 7 heteroatoms. The lowest BCUT2D eigenvalue weighted by Crippen LogP contribution is -2.42. The van der Waals surface area contributed by atoms with E-state index in [4.69, 9.17) is 5.11 Å². The molecule has 0 aromatic heterocycles. The minimum atomic E-state index is -1.15. The van der Waals surface area contributed by atoms with Crippen molar-refractivity contribution in [3.8, 4) is 0 Å². The quantitative estimate of drug-likeness (QED) is 0.640. The summed E-state index contributed by atoms with van der Waals surface area (Å²) >= 11 is 0. The number of hydrogen-bond acceptors (Lipinski definition) is 4. The molecular weight excluding hydrogens is 276 g/mol. The highest BCUT2D eigenvalue weighted by Crippen LogP contribution is 2.24. The number of benzene rings is 1. The van der Waals surface area contributed by atoms with Crippen molar-refractivity contribution in [3.05, 3.63) is 39.4 Å². The number of carboxylic acid groups (broad SMARTS) is 1. The van der Waals surface area contributed by atoms with Crippen LogP contribution in [-0.4, -0.2) is 39.4 Å². The van der Waals surface area contributed by atoms with Gasteiger partial charge in [-0.15, -0.1) is 0 Å². The van der Waals surface area contributed by atoms with E-state index in [1.54, 1.807) is 19.9 Å². The third-order valence-electron chi connectivity index (χ3n) is 3.35. The first-order valence-corrected chi connectivity index (χ1v) is 6.56. The Morgan fingerprint density at radius 1 is 1.43 bits per heavy atom. The van der Waals surface area contributed by atoms with Crippen LogP contribution in [0.1, 0.15) is 36.2 Å². The predicted octanol–water partition coefficient (Wildman–Crippen LogP) is 2.23. The van der Waals surface area contributed by atoms with E-state index in [0.29, 0.717) is 12.0 Å². The number of nitro benzene ring substituents is 1. The van der Waals surface area contributed by atoms with Crippen molar-refractivity contribution in [3.63, 3.8) is 0 Å². The van der Waals surface area contributed by atoms with Crippen LogP contribution in [0.2, 0.25) is 0 Å². The van der Waals surface area contributed by atoms with Gasteiger partial charge in [-0.1, -0.05) is 19.1 Å². The molecule has 0 spiro atoms. The van der Waals surface area contributed by atoms with Crippen molar-refractivity contribution in [2.24, 2.45) is 0 Å². The third-order valence-corrected chi connectivity index (χ3v) is 3.35. The van der Waals surface area contributed by atoms with E-state index in [1.165, 1.54) is 12.1 Å². The molecule has 1 aromatic rings. The summed E-state index contributed by atoms with van der Waals surface area (Å²) in [5.41, 5.74) is 0.0932. The van der Waals surface area contributed by atoms with E-state index in [1.807, 2.05) is 6.92 Å². The zero-order chi connectivity index (χ0) is 16.2. The van der Waals surface area contributed by atoms with Gasteiger partial charge in [0.05, 0.1) is 4.92 Å². The topological polar surface area (TPSA) is 101 Å². The molecule has 0 saturated carbocycles. The summed E-state index contributed by atoms with van der Waals surface area (Å²) in [6.07, 6.45) is 0.554. The highest BCUT2D eigenvalue weighted by molar-refractivity contribution is 6.00. The van der Waals surface area contributed by atoms with Gasteiger partial charge in [-0.3, -0.25) is 19.7 Å². The Morgan fingerprint density at radius 2 is 2.05 bits per heavy atom. The first-order valence-electron chi connectivity index (χ1n) is 6.56. The van der Waals surface area contributed by atoms with Gasteiger partial charge in [0.1, 0.15) is 12.1 Å². The van der Waals surface area contributed by atoms with E-state index < -0.39 is 23.3 Å².